The summed E-state index contributed by atoms with van der Waals surface area (Å²) in [7, 11) is -8.58. The fraction of sp³-hybridized carbons (Fsp3) is 0. The van der Waals surface area contributed by atoms with Crippen LogP contribution < -0.4 is 20.6 Å². The number of nitrogen functional groups attached to an aromatic ring is 1. The topological polar surface area (TPSA) is 161 Å². The van der Waals surface area contributed by atoms with Crippen molar-refractivity contribution in [1.29, 1.82) is 0 Å². The number of rotatable bonds is 6. The molecule has 1 heterocycles. The van der Waals surface area contributed by atoms with Gasteiger partial charge in [0.1, 0.15) is 26.7 Å². The third-order valence-corrected chi connectivity index (χ3v) is 8.10. The van der Waals surface area contributed by atoms with Crippen molar-refractivity contribution in [3.05, 3.63) is 95.2 Å². The maximum atomic E-state index is 13.3. The molecule has 0 amide bonds. The van der Waals surface area contributed by atoms with Crippen molar-refractivity contribution in [2.45, 2.75) is 9.79 Å². The third kappa shape index (κ3) is 4.23. The third-order valence-electron chi connectivity index (χ3n) is 5.24. The molecule has 182 valence electrons. The zero-order chi connectivity index (χ0) is 25.5. The van der Waals surface area contributed by atoms with Crippen LogP contribution in [0.3, 0.4) is 0 Å². The Morgan fingerprint density at radius 2 is 1.33 bits per heavy atom. The molecular weight excluding hydrogens is 504 g/mol. The molecule has 5 rings (SSSR count). The van der Waals surface area contributed by atoms with E-state index in [0.29, 0.717) is 5.69 Å². The highest BCUT2D eigenvalue weighted by Gasteiger charge is 2.30. The smallest absolute Gasteiger partial charge is 0.266 e. The number of hydrogen-bond acceptors (Lipinski definition) is 8. The van der Waals surface area contributed by atoms with E-state index in [1.54, 1.807) is 48.5 Å². The maximum absolute atomic E-state index is 13.3. The molecule has 3 aromatic rings. The van der Waals surface area contributed by atoms with Gasteiger partial charge in [0.2, 0.25) is 5.43 Å². The molecule has 12 heteroatoms. The first-order chi connectivity index (χ1) is 17.2. The van der Waals surface area contributed by atoms with Gasteiger partial charge < -0.3 is 10.2 Å². The summed E-state index contributed by atoms with van der Waals surface area (Å²) in [5.74, 6) is -0.166. The molecule has 0 saturated carbocycles. The van der Waals surface area contributed by atoms with Crippen molar-refractivity contribution in [1.82, 2.24) is 4.98 Å². The number of fused-ring (bicyclic) bond motifs is 2. The molecule has 0 saturated heterocycles. The Morgan fingerprint density at radius 3 is 1.94 bits per heavy atom. The Labute approximate surface area is 205 Å². The molecular formula is C24H18N4O6S2. The van der Waals surface area contributed by atoms with Crippen LogP contribution in [0.15, 0.2) is 104 Å². The van der Waals surface area contributed by atoms with Gasteiger partial charge in [0.15, 0.2) is 11.3 Å². The van der Waals surface area contributed by atoms with Crippen LogP contribution in [0, 0.1) is 0 Å². The minimum atomic E-state index is -4.42. The molecule has 10 nitrogen and oxygen atoms in total. The lowest BCUT2D eigenvalue weighted by Gasteiger charge is -2.16. The Kier molecular flexibility index (Phi) is 5.61. The minimum absolute atomic E-state index is 0.0296. The molecule has 1 aliphatic carbocycles. The maximum Gasteiger partial charge on any atom is 0.266 e. The first-order valence-electron chi connectivity index (χ1n) is 10.5. The molecule has 0 atom stereocenters. The zero-order valence-corrected chi connectivity index (χ0v) is 20.0. The Bertz CT molecular complexity index is 1840. The summed E-state index contributed by atoms with van der Waals surface area (Å²) >= 11 is 0. The number of anilines is 3. The Morgan fingerprint density at radius 1 is 0.750 bits per heavy atom. The summed E-state index contributed by atoms with van der Waals surface area (Å²) in [6.07, 6.45) is 0. The lowest BCUT2D eigenvalue weighted by molar-refractivity contribution is 0.592. The molecule has 0 bridgehead atoms. The van der Waals surface area contributed by atoms with Crippen molar-refractivity contribution in [2.75, 3.05) is 15.2 Å². The monoisotopic (exact) mass is 522 g/mol. The molecule has 1 aliphatic heterocycles. The van der Waals surface area contributed by atoms with E-state index in [1.165, 1.54) is 30.3 Å². The normalized spacial score (nSPS) is 12.0. The van der Waals surface area contributed by atoms with Gasteiger partial charge in [0, 0.05) is 17.4 Å². The lowest BCUT2D eigenvalue weighted by atomic mass is 10.2. The lowest BCUT2D eigenvalue weighted by Crippen LogP contribution is -2.22. The standard InChI is InChI=1S/C24H18N4O6S2/c25-21-17(29)14-19-23(24(21)36(32,33)28-16-10-5-2-6-11-16)26-22-18(34-19)12-7-13-20(22)35(30,31)27-15-8-3-1-4-9-15/h1-14,27-28H,25H2. The van der Waals surface area contributed by atoms with Gasteiger partial charge in [-0.25, -0.2) is 21.8 Å². The minimum Gasteiger partial charge on any atom is -0.453 e. The fourth-order valence-corrected chi connectivity index (χ4v) is 6.20. The van der Waals surface area contributed by atoms with Crippen molar-refractivity contribution in [2.24, 2.45) is 0 Å². The molecule has 4 N–H and O–H groups in total. The van der Waals surface area contributed by atoms with Crippen LogP contribution in [0.25, 0.3) is 22.6 Å². The Hall–Kier alpha value is -4.42. The van der Waals surface area contributed by atoms with Crippen LogP contribution in [0.2, 0.25) is 0 Å². The second-order valence-corrected chi connectivity index (χ2v) is 11.0. The number of para-hydroxylation sites is 3. The van der Waals surface area contributed by atoms with Crippen LogP contribution in [0.5, 0.6) is 0 Å². The predicted octanol–water partition coefficient (Wildman–Crippen LogP) is 3.48. The van der Waals surface area contributed by atoms with Gasteiger partial charge in [0.05, 0.1) is 0 Å². The van der Waals surface area contributed by atoms with Gasteiger partial charge in [0.25, 0.3) is 20.0 Å². The summed E-state index contributed by atoms with van der Waals surface area (Å²) in [6, 6.07) is 21.5. The molecule has 3 aromatic carbocycles. The van der Waals surface area contributed by atoms with E-state index in [-0.39, 0.29) is 33.1 Å². The summed E-state index contributed by atoms with van der Waals surface area (Å²) < 4.78 is 63.6. The van der Waals surface area contributed by atoms with Crippen molar-refractivity contribution in [3.8, 4) is 11.5 Å². The van der Waals surface area contributed by atoms with E-state index >= 15 is 0 Å². The molecule has 0 spiro atoms. The summed E-state index contributed by atoms with van der Waals surface area (Å²) in [4.78, 5) is 16.0. The number of nitrogens with zero attached hydrogens (tertiary/aromatic N) is 1. The largest absolute Gasteiger partial charge is 0.453 e. The van der Waals surface area contributed by atoms with Gasteiger partial charge in [-0.15, -0.1) is 0 Å². The van der Waals surface area contributed by atoms with E-state index < -0.39 is 36.1 Å². The first kappa shape index (κ1) is 23.3. The van der Waals surface area contributed by atoms with Crippen LogP contribution in [-0.4, -0.2) is 21.8 Å². The molecule has 0 aromatic heterocycles. The SMILES string of the molecule is Nc1c(S(=O)(=O)Nc2ccccc2)c2nc3c(S(=O)(=O)Nc4ccccc4)cccc3oc-2cc1=O. The van der Waals surface area contributed by atoms with E-state index in [4.69, 9.17) is 10.2 Å². The summed E-state index contributed by atoms with van der Waals surface area (Å²) in [5, 5.41) is 0. The van der Waals surface area contributed by atoms with Gasteiger partial charge in [-0.3, -0.25) is 14.2 Å². The molecule has 0 unspecified atom stereocenters. The first-order valence-corrected chi connectivity index (χ1v) is 13.4. The average molecular weight is 523 g/mol. The van der Waals surface area contributed by atoms with Crippen molar-refractivity contribution >= 4 is 48.2 Å². The van der Waals surface area contributed by atoms with E-state index in [2.05, 4.69) is 14.4 Å². The second kappa shape index (κ2) is 8.66. The molecule has 36 heavy (non-hydrogen) atoms. The number of benzene rings is 4. The van der Waals surface area contributed by atoms with Gasteiger partial charge in [-0.2, -0.15) is 0 Å². The molecule has 0 fully saturated rings. The Balaban J connectivity index is 1.74. The number of sulfonamides is 2. The number of nitrogens with one attached hydrogen (secondary N) is 2. The van der Waals surface area contributed by atoms with Gasteiger partial charge in [-0.05, 0) is 36.4 Å². The van der Waals surface area contributed by atoms with Crippen LogP contribution in [0.1, 0.15) is 0 Å². The van der Waals surface area contributed by atoms with Gasteiger partial charge >= 0.3 is 0 Å². The second-order valence-electron chi connectivity index (χ2n) is 7.72. The highest BCUT2D eigenvalue weighted by Crippen LogP contribution is 2.35. The average Bonchev–Trinajstić information content (AvgIpc) is 2.84. The molecule has 2 aliphatic rings. The van der Waals surface area contributed by atoms with E-state index in [9.17, 15) is 21.6 Å². The summed E-state index contributed by atoms with van der Waals surface area (Å²) in [5.41, 5.74) is 4.72. The van der Waals surface area contributed by atoms with Crippen molar-refractivity contribution in [3.63, 3.8) is 0 Å². The van der Waals surface area contributed by atoms with Crippen LogP contribution >= 0.6 is 0 Å². The number of hydrogen-bond donors (Lipinski definition) is 3. The predicted molar refractivity (Wildman–Crippen MR) is 136 cm³/mol. The zero-order valence-electron chi connectivity index (χ0n) is 18.4. The van der Waals surface area contributed by atoms with Crippen LogP contribution in [0.4, 0.5) is 17.1 Å². The number of aromatic nitrogens is 1. The number of nitrogens with two attached hydrogens (primary N) is 1. The van der Waals surface area contributed by atoms with E-state index in [0.717, 1.165) is 6.07 Å². The quantitative estimate of drug-likeness (QED) is 0.226. The van der Waals surface area contributed by atoms with E-state index in [1.807, 2.05) is 0 Å². The van der Waals surface area contributed by atoms with Crippen molar-refractivity contribution < 1.29 is 21.3 Å². The molecule has 0 radical (unpaired) electrons. The summed E-state index contributed by atoms with van der Waals surface area (Å²) in [6.45, 7) is 0. The van der Waals surface area contributed by atoms with Gasteiger partial charge in [-0.1, -0.05) is 42.5 Å². The highest BCUT2D eigenvalue weighted by molar-refractivity contribution is 7.93. The fourth-order valence-electron chi connectivity index (χ4n) is 3.64. The van der Waals surface area contributed by atoms with Crippen LogP contribution in [-0.2, 0) is 20.0 Å². The highest BCUT2D eigenvalue weighted by atomic mass is 32.2.